The third kappa shape index (κ3) is 4.03. The second-order valence-electron chi connectivity index (χ2n) is 5.41. The molecule has 1 aromatic rings. The molecule has 5 heteroatoms. The van der Waals surface area contributed by atoms with Crippen molar-refractivity contribution < 1.29 is 14.3 Å². The van der Waals surface area contributed by atoms with Crippen LogP contribution in [0.15, 0.2) is 30.3 Å². The van der Waals surface area contributed by atoms with Gasteiger partial charge in [-0.25, -0.2) is 0 Å². The topological polar surface area (TPSA) is 64.8 Å². The Balaban J connectivity index is 2.13. The lowest BCUT2D eigenvalue weighted by atomic mass is 10.0. The van der Waals surface area contributed by atoms with Crippen molar-refractivity contribution in [3.63, 3.8) is 0 Å². The van der Waals surface area contributed by atoms with Gasteiger partial charge in [0.25, 0.3) is 0 Å². The zero-order valence-corrected chi connectivity index (χ0v) is 12.7. The number of hydrogen-bond acceptors (Lipinski definition) is 4. The van der Waals surface area contributed by atoms with Gasteiger partial charge in [0.2, 0.25) is 5.91 Å². The Kier molecular flexibility index (Phi) is 5.73. The highest BCUT2D eigenvalue weighted by Crippen LogP contribution is 2.27. The summed E-state index contributed by atoms with van der Waals surface area (Å²) in [5.41, 5.74) is 6.71. The molecule has 0 radical (unpaired) electrons. The van der Waals surface area contributed by atoms with Crippen molar-refractivity contribution in [2.24, 2.45) is 5.73 Å². The van der Waals surface area contributed by atoms with E-state index in [1.807, 2.05) is 42.2 Å². The zero-order valence-electron chi connectivity index (χ0n) is 12.7. The Morgan fingerprint density at radius 2 is 2.19 bits per heavy atom. The summed E-state index contributed by atoms with van der Waals surface area (Å²) in [4.78, 5) is 14.5. The molecule has 116 valence electrons. The van der Waals surface area contributed by atoms with Crippen LogP contribution in [0.25, 0.3) is 0 Å². The van der Waals surface area contributed by atoms with Gasteiger partial charge in [-0.1, -0.05) is 30.3 Å². The molecule has 3 unspecified atom stereocenters. The quantitative estimate of drug-likeness (QED) is 0.889. The molecule has 1 aromatic carbocycles. The second kappa shape index (κ2) is 7.54. The summed E-state index contributed by atoms with van der Waals surface area (Å²) in [5.74, 6) is 0.0660. The van der Waals surface area contributed by atoms with Crippen molar-refractivity contribution in [1.82, 2.24) is 4.90 Å². The number of ether oxygens (including phenoxy) is 2. The Morgan fingerprint density at radius 3 is 2.81 bits per heavy atom. The van der Waals surface area contributed by atoms with E-state index in [4.69, 9.17) is 15.2 Å². The minimum Gasteiger partial charge on any atom is -0.380 e. The predicted octanol–water partition coefficient (Wildman–Crippen LogP) is 1.34. The van der Waals surface area contributed by atoms with Gasteiger partial charge < -0.3 is 20.1 Å². The summed E-state index contributed by atoms with van der Waals surface area (Å²) in [5, 5.41) is 0. The molecular formula is C16H24N2O3. The fourth-order valence-electron chi connectivity index (χ4n) is 2.60. The van der Waals surface area contributed by atoms with Gasteiger partial charge in [0.1, 0.15) is 0 Å². The molecule has 0 spiro atoms. The van der Waals surface area contributed by atoms with Crippen LogP contribution in [-0.4, -0.2) is 49.8 Å². The van der Waals surface area contributed by atoms with Gasteiger partial charge in [0.15, 0.2) is 0 Å². The van der Waals surface area contributed by atoms with E-state index in [0.717, 1.165) is 5.56 Å². The summed E-state index contributed by atoms with van der Waals surface area (Å²) < 4.78 is 11.0. The van der Waals surface area contributed by atoms with Crippen LogP contribution in [0, 0.1) is 0 Å². The lowest BCUT2D eigenvalue weighted by molar-refractivity contribution is -0.147. The van der Waals surface area contributed by atoms with Crippen LogP contribution in [0.1, 0.15) is 24.9 Å². The maximum absolute atomic E-state index is 12.6. The molecule has 0 saturated carbocycles. The van der Waals surface area contributed by atoms with Crippen molar-refractivity contribution in [3.05, 3.63) is 35.9 Å². The van der Waals surface area contributed by atoms with E-state index in [1.165, 1.54) is 0 Å². The molecule has 2 N–H and O–H groups in total. The van der Waals surface area contributed by atoms with Crippen LogP contribution in [0.3, 0.4) is 0 Å². The van der Waals surface area contributed by atoms with Crippen LogP contribution in [-0.2, 0) is 14.3 Å². The van der Waals surface area contributed by atoms with E-state index in [2.05, 4.69) is 0 Å². The molecule has 0 aromatic heterocycles. The minimum atomic E-state index is -0.230. The summed E-state index contributed by atoms with van der Waals surface area (Å²) in [7, 11) is 1.58. The highest BCUT2D eigenvalue weighted by Gasteiger charge is 2.32. The van der Waals surface area contributed by atoms with Gasteiger partial charge in [-0.05, 0) is 12.5 Å². The number of nitrogens with two attached hydrogens (primary N) is 1. The summed E-state index contributed by atoms with van der Waals surface area (Å²) in [6.45, 7) is 3.45. The molecule has 1 aliphatic rings. The van der Waals surface area contributed by atoms with Crippen molar-refractivity contribution in [2.75, 3.05) is 26.8 Å². The Morgan fingerprint density at radius 1 is 1.48 bits per heavy atom. The molecule has 1 amide bonds. The van der Waals surface area contributed by atoms with Crippen LogP contribution in [0.4, 0.5) is 0 Å². The predicted molar refractivity (Wildman–Crippen MR) is 80.8 cm³/mol. The lowest BCUT2D eigenvalue weighted by Crippen LogP contribution is -2.48. The number of benzene rings is 1. The third-order valence-corrected chi connectivity index (χ3v) is 3.87. The Hall–Kier alpha value is -1.43. The first-order valence-electron chi connectivity index (χ1n) is 7.34. The molecule has 0 aliphatic carbocycles. The monoisotopic (exact) mass is 292 g/mol. The highest BCUT2D eigenvalue weighted by molar-refractivity contribution is 5.77. The maximum atomic E-state index is 12.6. The van der Waals surface area contributed by atoms with Crippen molar-refractivity contribution in [2.45, 2.75) is 31.6 Å². The van der Waals surface area contributed by atoms with E-state index in [0.29, 0.717) is 26.1 Å². The molecule has 3 atom stereocenters. The molecule has 1 aliphatic heterocycles. The number of carbonyl (C=O) groups excluding carboxylic acids is 1. The van der Waals surface area contributed by atoms with Crippen molar-refractivity contribution in [3.8, 4) is 0 Å². The Labute approximate surface area is 126 Å². The van der Waals surface area contributed by atoms with E-state index < -0.39 is 0 Å². The normalized spacial score (nSPS) is 23.9. The molecule has 5 nitrogen and oxygen atoms in total. The van der Waals surface area contributed by atoms with E-state index in [-0.39, 0.29) is 24.2 Å². The van der Waals surface area contributed by atoms with Gasteiger partial charge in [0.05, 0.1) is 31.3 Å². The maximum Gasteiger partial charge on any atom is 0.225 e. The van der Waals surface area contributed by atoms with E-state index >= 15 is 0 Å². The zero-order chi connectivity index (χ0) is 15.2. The number of hydrogen-bond donors (Lipinski definition) is 1. The highest BCUT2D eigenvalue weighted by atomic mass is 16.5. The van der Waals surface area contributed by atoms with Gasteiger partial charge in [-0.2, -0.15) is 0 Å². The molecule has 1 fully saturated rings. The SMILES string of the molecule is COC(CN)CC(=O)N1CC(C)OCC1c1ccccc1. The second-order valence-corrected chi connectivity index (χ2v) is 5.41. The van der Waals surface area contributed by atoms with Crippen molar-refractivity contribution in [1.29, 1.82) is 0 Å². The first-order valence-corrected chi connectivity index (χ1v) is 7.34. The summed E-state index contributed by atoms with van der Waals surface area (Å²) in [6.07, 6.45) is 0.128. The third-order valence-electron chi connectivity index (χ3n) is 3.87. The first-order chi connectivity index (χ1) is 10.2. The number of nitrogens with zero attached hydrogens (tertiary/aromatic N) is 1. The first kappa shape index (κ1) is 15.9. The van der Waals surface area contributed by atoms with Crippen LogP contribution in [0.5, 0.6) is 0 Å². The molecule has 21 heavy (non-hydrogen) atoms. The summed E-state index contributed by atoms with van der Waals surface area (Å²) in [6, 6.07) is 9.95. The molecule has 1 heterocycles. The molecule has 2 rings (SSSR count). The average molecular weight is 292 g/mol. The number of amides is 1. The fraction of sp³-hybridized carbons (Fsp3) is 0.562. The van der Waals surface area contributed by atoms with Gasteiger partial charge in [-0.15, -0.1) is 0 Å². The van der Waals surface area contributed by atoms with Gasteiger partial charge in [-0.3, -0.25) is 4.79 Å². The average Bonchev–Trinajstić information content (AvgIpc) is 2.53. The Bertz CT molecular complexity index is 448. The van der Waals surface area contributed by atoms with Crippen LogP contribution >= 0.6 is 0 Å². The van der Waals surface area contributed by atoms with Crippen LogP contribution < -0.4 is 5.73 Å². The molecule has 0 bridgehead atoms. The van der Waals surface area contributed by atoms with Crippen molar-refractivity contribution >= 4 is 5.91 Å². The van der Waals surface area contributed by atoms with E-state index in [1.54, 1.807) is 7.11 Å². The lowest BCUT2D eigenvalue weighted by Gasteiger charge is -2.39. The van der Waals surface area contributed by atoms with Gasteiger partial charge in [0, 0.05) is 20.2 Å². The van der Waals surface area contributed by atoms with Gasteiger partial charge >= 0.3 is 0 Å². The number of morpholine rings is 1. The molecule has 1 saturated heterocycles. The van der Waals surface area contributed by atoms with E-state index in [9.17, 15) is 4.79 Å². The van der Waals surface area contributed by atoms with Crippen LogP contribution in [0.2, 0.25) is 0 Å². The number of methoxy groups -OCH3 is 1. The standard InChI is InChI=1S/C16H24N2O3/c1-12-10-18(16(19)8-14(9-17)20-2)15(11-21-12)13-6-4-3-5-7-13/h3-7,12,14-15H,8-11,17H2,1-2H3. The smallest absolute Gasteiger partial charge is 0.225 e. The number of carbonyl (C=O) groups is 1. The fourth-order valence-corrected chi connectivity index (χ4v) is 2.60. The minimum absolute atomic E-state index is 0.0369. The largest absolute Gasteiger partial charge is 0.380 e. The molecular weight excluding hydrogens is 268 g/mol. The summed E-state index contributed by atoms with van der Waals surface area (Å²) >= 11 is 0. The number of rotatable bonds is 5.